The number of hydrogen-bond acceptors (Lipinski definition) is 1. The van der Waals surface area contributed by atoms with Gasteiger partial charge in [0.1, 0.15) is 5.75 Å². The quantitative estimate of drug-likeness (QED) is 0.481. The van der Waals surface area contributed by atoms with E-state index in [1.165, 1.54) is 17.9 Å². The maximum absolute atomic E-state index is 4.91. The first-order valence-corrected chi connectivity index (χ1v) is 10.3. The summed E-state index contributed by atoms with van der Waals surface area (Å²) in [5.74, 6) is 0.910. The van der Waals surface area contributed by atoms with Crippen LogP contribution in [0.3, 0.4) is 0 Å². The van der Waals surface area contributed by atoms with Gasteiger partial charge in [0.25, 0.3) is 0 Å². The normalized spacial score (nSPS) is 9.70. The van der Waals surface area contributed by atoms with Crippen LogP contribution in [0.5, 0.6) is 5.75 Å². The van der Waals surface area contributed by atoms with Crippen molar-refractivity contribution in [2.45, 2.75) is 0 Å². The van der Waals surface area contributed by atoms with E-state index in [1.54, 1.807) is 7.11 Å². The van der Waals surface area contributed by atoms with E-state index >= 15 is 0 Å². The first-order valence-electron chi connectivity index (χ1n) is 6.96. The average Bonchev–Trinajstić information content (AvgIpc) is 2.60. The van der Waals surface area contributed by atoms with E-state index < -0.39 is 0 Å². The zero-order valence-electron chi connectivity index (χ0n) is 12.6. The molecule has 0 aliphatic heterocycles. The number of rotatable bonds is 3. The maximum atomic E-state index is 4.91. The molecule has 0 aromatic heterocycles. The first kappa shape index (κ1) is 18.3. The van der Waals surface area contributed by atoms with Gasteiger partial charge in [-0.2, -0.15) is 0 Å². The van der Waals surface area contributed by atoms with Gasteiger partial charge in [-0.1, -0.05) is 18.2 Å². The molecule has 0 saturated carbocycles. The van der Waals surface area contributed by atoms with Gasteiger partial charge in [0.15, 0.2) is 0 Å². The van der Waals surface area contributed by atoms with Crippen LogP contribution in [0.25, 0.3) is 0 Å². The molecule has 3 rings (SSSR count). The fourth-order valence-corrected chi connectivity index (χ4v) is 4.95. The molecule has 0 saturated heterocycles. The minimum atomic E-state index is 0.347. The van der Waals surface area contributed by atoms with Gasteiger partial charge in [0.2, 0.25) is 0 Å². The van der Waals surface area contributed by atoms with Crippen molar-refractivity contribution in [3.05, 3.63) is 87.8 Å². The van der Waals surface area contributed by atoms with Crippen molar-refractivity contribution < 1.29 is 4.74 Å². The molecule has 0 radical (unpaired) electrons. The Bertz CT molecular complexity index is 689. The number of ether oxygens (including phenoxy) is 1. The van der Waals surface area contributed by atoms with Crippen molar-refractivity contribution >= 4 is 55.7 Å². The monoisotopic (exact) mass is 498 g/mol. The second kappa shape index (κ2) is 9.94. The van der Waals surface area contributed by atoms with Crippen LogP contribution in [0.2, 0.25) is 0 Å². The summed E-state index contributed by atoms with van der Waals surface area (Å²) in [5.41, 5.74) is 0. The van der Waals surface area contributed by atoms with E-state index in [1.807, 2.05) is 42.5 Å². The van der Waals surface area contributed by atoms with Crippen LogP contribution in [0.4, 0.5) is 0 Å². The molecular formula is C19H16Br2OSe. The number of hydrogen-bond donors (Lipinski definition) is 0. The molecule has 3 aromatic rings. The van der Waals surface area contributed by atoms with Crippen LogP contribution >= 0.6 is 31.9 Å². The van der Waals surface area contributed by atoms with Crippen LogP contribution < -0.4 is 13.7 Å². The van der Waals surface area contributed by atoms with Gasteiger partial charge in [-0.25, -0.2) is 0 Å². The molecule has 118 valence electrons. The molecule has 0 unspecified atom stereocenters. The number of methoxy groups -OCH3 is 1. The van der Waals surface area contributed by atoms with Gasteiger partial charge in [-0.05, 0) is 12.1 Å². The zero-order valence-corrected chi connectivity index (χ0v) is 17.5. The standard InChI is InChI=1S/C12H8Br2Se.C7H8O/c13-9-5-1-3-7-11(9)15-12-8-4-2-6-10(12)14;1-8-7-5-3-2-4-6-7/h1-8H;2-6H,1H3. The Kier molecular flexibility index (Phi) is 7.90. The molecule has 23 heavy (non-hydrogen) atoms. The predicted molar refractivity (Wildman–Crippen MR) is 106 cm³/mol. The fraction of sp³-hybridized carbons (Fsp3) is 0.0526. The van der Waals surface area contributed by atoms with Crippen molar-refractivity contribution in [1.29, 1.82) is 0 Å². The van der Waals surface area contributed by atoms with E-state index in [0.29, 0.717) is 15.0 Å². The summed E-state index contributed by atoms with van der Waals surface area (Å²) >= 11 is 7.50. The molecule has 0 aliphatic rings. The zero-order chi connectivity index (χ0) is 16.5. The molecule has 0 bridgehead atoms. The maximum Gasteiger partial charge on any atom is 0.118 e. The Balaban J connectivity index is 0.000000203. The van der Waals surface area contributed by atoms with Gasteiger partial charge >= 0.3 is 113 Å². The van der Waals surface area contributed by atoms with Crippen LogP contribution in [-0.4, -0.2) is 22.1 Å². The van der Waals surface area contributed by atoms with Gasteiger partial charge in [0.05, 0.1) is 7.11 Å². The van der Waals surface area contributed by atoms with E-state index in [-0.39, 0.29) is 0 Å². The minimum Gasteiger partial charge on any atom is -0.497 e. The molecule has 0 fully saturated rings. The Hall–Kier alpha value is -1.06. The Morgan fingerprint density at radius 2 is 1.09 bits per heavy atom. The van der Waals surface area contributed by atoms with Crippen molar-refractivity contribution in [1.82, 2.24) is 0 Å². The summed E-state index contributed by atoms with van der Waals surface area (Å²) < 4.78 is 10.0. The first-order chi connectivity index (χ1) is 11.2. The van der Waals surface area contributed by atoms with Gasteiger partial charge in [-0.3, -0.25) is 0 Å². The predicted octanol–water partition coefficient (Wildman–Crippen LogP) is 4.56. The Morgan fingerprint density at radius 1 is 0.652 bits per heavy atom. The Labute approximate surface area is 160 Å². The van der Waals surface area contributed by atoms with E-state index in [9.17, 15) is 0 Å². The van der Waals surface area contributed by atoms with Crippen molar-refractivity contribution in [2.75, 3.05) is 7.11 Å². The van der Waals surface area contributed by atoms with Crippen LogP contribution in [0.15, 0.2) is 87.8 Å². The molecule has 0 atom stereocenters. The summed E-state index contributed by atoms with van der Waals surface area (Å²) in [5, 5.41) is 0. The summed E-state index contributed by atoms with van der Waals surface area (Å²) in [4.78, 5) is 0. The van der Waals surface area contributed by atoms with E-state index in [4.69, 9.17) is 4.74 Å². The molecular weight excluding hydrogens is 483 g/mol. The van der Waals surface area contributed by atoms with Crippen molar-refractivity contribution in [3.63, 3.8) is 0 Å². The van der Waals surface area contributed by atoms with Gasteiger partial charge in [-0.15, -0.1) is 0 Å². The number of benzene rings is 3. The number of para-hydroxylation sites is 1. The molecule has 4 heteroatoms. The van der Waals surface area contributed by atoms with Gasteiger partial charge < -0.3 is 4.74 Å². The largest absolute Gasteiger partial charge is 0.497 e. The number of halogens is 2. The summed E-state index contributed by atoms with van der Waals surface area (Å²) in [6, 6.07) is 26.5. The third-order valence-corrected chi connectivity index (χ3v) is 7.85. The summed E-state index contributed by atoms with van der Waals surface area (Å²) in [7, 11) is 1.66. The summed E-state index contributed by atoms with van der Waals surface area (Å²) in [6.45, 7) is 0. The van der Waals surface area contributed by atoms with Crippen LogP contribution in [0.1, 0.15) is 0 Å². The molecule has 0 spiro atoms. The second-order valence-corrected chi connectivity index (χ2v) is 8.46. The van der Waals surface area contributed by atoms with E-state index in [2.05, 4.69) is 68.3 Å². The SMILES string of the molecule is Brc1ccccc1[Se]c1ccccc1Br.COc1ccccc1. The molecule has 3 aromatic carbocycles. The molecule has 0 aliphatic carbocycles. The van der Waals surface area contributed by atoms with Crippen molar-refractivity contribution in [2.24, 2.45) is 0 Å². The van der Waals surface area contributed by atoms with E-state index in [0.717, 1.165) is 5.75 Å². The second-order valence-electron chi connectivity index (χ2n) is 4.48. The van der Waals surface area contributed by atoms with Gasteiger partial charge in [0, 0.05) is 0 Å². The third-order valence-electron chi connectivity index (χ3n) is 2.87. The minimum absolute atomic E-state index is 0.347. The molecule has 0 amide bonds. The van der Waals surface area contributed by atoms with Crippen molar-refractivity contribution in [3.8, 4) is 5.75 Å². The average molecular weight is 499 g/mol. The molecule has 0 N–H and O–H groups in total. The third kappa shape index (κ3) is 6.15. The fourth-order valence-electron chi connectivity index (χ4n) is 1.73. The topological polar surface area (TPSA) is 9.23 Å². The molecule has 1 nitrogen and oxygen atoms in total. The van der Waals surface area contributed by atoms with Crippen LogP contribution in [-0.2, 0) is 0 Å². The molecule has 0 heterocycles. The Morgan fingerprint density at radius 3 is 1.48 bits per heavy atom. The summed E-state index contributed by atoms with van der Waals surface area (Å²) in [6.07, 6.45) is 0. The van der Waals surface area contributed by atoms with Crippen LogP contribution in [0, 0.1) is 0 Å². The smallest absolute Gasteiger partial charge is 0.118 e.